The molecule has 498 valence electrons. The van der Waals surface area contributed by atoms with Crippen LogP contribution in [0.1, 0.15) is 117 Å². The number of aryl methyl sites for hydroxylation is 3. The molecule has 3 aliphatic carbocycles. The second-order valence-electron chi connectivity index (χ2n) is 27.3. The second kappa shape index (κ2) is 24.5. The van der Waals surface area contributed by atoms with Crippen molar-refractivity contribution < 1.29 is 31.8 Å². The minimum absolute atomic E-state index is 0.130. The molecule has 0 amide bonds. The summed E-state index contributed by atoms with van der Waals surface area (Å²) < 4.78 is 83.6. The summed E-state index contributed by atoms with van der Waals surface area (Å²) in [5.74, 6) is 23.8. The second-order valence-corrected chi connectivity index (χ2v) is 27.3. The summed E-state index contributed by atoms with van der Waals surface area (Å²) in [5, 5.41) is 26.4. The van der Waals surface area contributed by atoms with Crippen molar-refractivity contribution in [2.45, 2.75) is 112 Å². The minimum atomic E-state index is -1.36. The highest BCUT2D eigenvalue weighted by atomic mass is 19.1. The van der Waals surface area contributed by atoms with E-state index in [2.05, 4.69) is 80.0 Å². The van der Waals surface area contributed by atoms with Gasteiger partial charge in [0.05, 0.1) is 77.8 Å². The topological polar surface area (TPSA) is 167 Å². The highest BCUT2D eigenvalue weighted by Crippen LogP contribution is 2.55. The average molecular weight is 1330 g/mol. The molecule has 6 aromatic carbocycles. The van der Waals surface area contributed by atoms with Gasteiger partial charge >= 0.3 is 0 Å². The van der Waals surface area contributed by atoms with Crippen molar-refractivity contribution in [1.82, 2.24) is 58.7 Å². The van der Waals surface area contributed by atoms with Gasteiger partial charge in [0.25, 0.3) is 17.3 Å². The molecule has 0 unspecified atom stereocenters. The molecule has 3 aliphatic heterocycles. The van der Waals surface area contributed by atoms with Gasteiger partial charge < -0.3 is 28.9 Å². The van der Waals surface area contributed by atoms with Crippen LogP contribution in [0.5, 0.6) is 0 Å². The van der Waals surface area contributed by atoms with Gasteiger partial charge in [0.15, 0.2) is 0 Å². The molecule has 9 heterocycles. The molecule has 6 aromatic heterocycles. The number of rotatable bonds is 4. The first-order valence-electron chi connectivity index (χ1n) is 33.5. The molecule has 0 saturated heterocycles. The molecule has 0 N–H and O–H groups in total. The van der Waals surface area contributed by atoms with Crippen LogP contribution < -0.4 is 14.7 Å². The summed E-state index contributed by atoms with van der Waals surface area (Å²) in [6.45, 7) is 17.3. The lowest BCUT2D eigenvalue weighted by Gasteiger charge is -2.25. The normalized spacial score (nSPS) is 17.1. The summed E-state index contributed by atoms with van der Waals surface area (Å²) in [6.07, 6.45) is 6.09. The fourth-order valence-corrected chi connectivity index (χ4v) is 13.5. The fraction of sp³-hybridized carbons (Fsp3) is 0.338. The fourth-order valence-electron chi connectivity index (χ4n) is 13.5. The van der Waals surface area contributed by atoms with E-state index in [0.29, 0.717) is 144 Å². The molecule has 0 radical (unpaired) electrons. The number of alkyl halides is 1. The van der Waals surface area contributed by atoms with Gasteiger partial charge in [-0.05, 0) is 160 Å². The predicted octanol–water partition coefficient (Wildman–Crippen LogP) is 14.4. The number of benzene rings is 6. The summed E-state index contributed by atoms with van der Waals surface area (Å²) >= 11 is 0. The van der Waals surface area contributed by atoms with Crippen molar-refractivity contribution in [2.24, 2.45) is 16.2 Å². The Bertz CT molecular complexity index is 5280. The maximum absolute atomic E-state index is 15.3. The molecule has 18 rings (SSSR count). The van der Waals surface area contributed by atoms with Crippen LogP contribution in [0.25, 0.3) is 50.0 Å². The molecule has 99 heavy (non-hydrogen) atoms. The number of halogens is 4. The lowest BCUT2D eigenvalue weighted by molar-refractivity contribution is 0.133. The van der Waals surface area contributed by atoms with Gasteiger partial charge in [0.1, 0.15) is 58.0 Å². The number of nitrogens with zero attached hydrogens (tertiary/aromatic N) is 15. The van der Waals surface area contributed by atoms with E-state index in [1.165, 1.54) is 18.2 Å². The van der Waals surface area contributed by atoms with Gasteiger partial charge in [0, 0.05) is 80.9 Å². The van der Waals surface area contributed by atoms with Crippen molar-refractivity contribution in [3.63, 3.8) is 0 Å². The molecule has 12 aromatic rings. The molecule has 18 nitrogen and oxygen atoms in total. The number of anilines is 6. The van der Waals surface area contributed by atoms with Crippen LogP contribution in [0.3, 0.4) is 0 Å². The predicted molar refractivity (Wildman–Crippen MR) is 370 cm³/mol. The van der Waals surface area contributed by atoms with Crippen molar-refractivity contribution >= 4 is 84.6 Å². The zero-order valence-electron chi connectivity index (χ0n) is 55.9. The molecule has 3 fully saturated rings. The molecule has 0 bridgehead atoms. The average Bonchev–Trinajstić information content (AvgIpc) is 1.74. The molecular weight excluding hydrogens is 1260 g/mol. The molecule has 22 heteroatoms. The molecule has 3 saturated carbocycles. The lowest BCUT2D eigenvalue weighted by atomic mass is 9.89. The van der Waals surface area contributed by atoms with Gasteiger partial charge in [-0.3, -0.25) is 13.2 Å². The van der Waals surface area contributed by atoms with Crippen LogP contribution in [0.4, 0.5) is 52.1 Å². The number of hydrogen-bond donors (Lipinski definition) is 0. The Balaban J connectivity index is 0.000000116. The van der Waals surface area contributed by atoms with Crippen molar-refractivity contribution in [3.05, 3.63) is 178 Å². The highest BCUT2D eigenvalue weighted by molar-refractivity contribution is 5.97. The summed E-state index contributed by atoms with van der Waals surface area (Å²) in [5.41, 5.74) is 8.63. The van der Waals surface area contributed by atoms with Crippen LogP contribution >= 0.6 is 0 Å². The number of ether oxygens (including phenoxy) is 3. The van der Waals surface area contributed by atoms with Crippen LogP contribution in [-0.4, -0.2) is 104 Å². The van der Waals surface area contributed by atoms with E-state index in [0.717, 1.165) is 89.0 Å². The smallest absolute Gasteiger partial charge is 0.257 e. The summed E-state index contributed by atoms with van der Waals surface area (Å²) in [6, 6.07) is 33.0. The zero-order chi connectivity index (χ0) is 68.1. The van der Waals surface area contributed by atoms with Gasteiger partial charge in [-0.2, -0.15) is 15.0 Å². The standard InChI is InChI=1S/C27H25F2N5O.2C25H22FN5O/c1-17-31-32-25-30-24(23-20(28)7-5-9-22(23)34(17)25)33-14-15-35-16-19-18(6-4-8-21(19)33)10-11-27(12-13-27)26(2,3)29;2*1-16-28-29-24-27-23(22-19(26)6-4-8-21(22)31(16)24)30-13-14-32-15-18-17(5-3-7-20(18)30)9-10-25(2)11-12-25/h4-9H,12-16H2,1-3H3;2*3-8H,11-15H2,1-2H3. The van der Waals surface area contributed by atoms with E-state index >= 15 is 13.2 Å². The van der Waals surface area contributed by atoms with Crippen LogP contribution in [0, 0.1) is 90.0 Å². The third-order valence-electron chi connectivity index (χ3n) is 19.9. The Morgan fingerprint density at radius 1 is 0.414 bits per heavy atom. The van der Waals surface area contributed by atoms with Crippen LogP contribution in [0.2, 0.25) is 0 Å². The highest BCUT2D eigenvalue weighted by Gasteiger charge is 2.54. The molecule has 0 atom stereocenters. The van der Waals surface area contributed by atoms with Gasteiger partial charge in [0.2, 0.25) is 0 Å². The van der Waals surface area contributed by atoms with Gasteiger partial charge in [-0.25, -0.2) is 17.6 Å². The number of hydrogen-bond acceptors (Lipinski definition) is 15. The van der Waals surface area contributed by atoms with Crippen LogP contribution in [0.15, 0.2) is 109 Å². The molecular formula is C77H69F4N15O3. The van der Waals surface area contributed by atoms with Gasteiger partial charge in [-0.1, -0.05) is 71.9 Å². The quantitative estimate of drug-likeness (QED) is 0.121. The molecule has 6 aliphatic rings. The van der Waals surface area contributed by atoms with E-state index in [-0.39, 0.29) is 28.3 Å². The number of aromatic nitrogens is 12. The first-order chi connectivity index (χ1) is 47.9. The maximum atomic E-state index is 15.3. The molecule has 0 spiro atoms. The Kier molecular flexibility index (Phi) is 15.6. The van der Waals surface area contributed by atoms with E-state index in [9.17, 15) is 4.39 Å². The Labute approximate surface area is 568 Å². The van der Waals surface area contributed by atoms with E-state index in [4.69, 9.17) is 29.2 Å². The first-order valence-corrected chi connectivity index (χ1v) is 33.5. The summed E-state index contributed by atoms with van der Waals surface area (Å²) in [7, 11) is 0. The summed E-state index contributed by atoms with van der Waals surface area (Å²) in [4.78, 5) is 20.3. The maximum Gasteiger partial charge on any atom is 0.257 e. The Hall–Kier alpha value is -10.6. The van der Waals surface area contributed by atoms with Crippen molar-refractivity contribution in [1.29, 1.82) is 0 Å². The minimum Gasteiger partial charge on any atom is -0.375 e. The SMILES string of the molecule is Cc1nnc2nc(N3CCOCc4c(C#CC5(C(C)(C)F)CC5)cccc43)c3c(F)cccc3n12.Cc1nnc2nc(N3CCOCc4c(C#CC5(C)CC5)cccc43)c3c(F)cccc3n12.Cc1nnc2nc(N3CCOCc4c(C#CC5(C)CC5)cccc43)c3c(F)cccc3n12. The Morgan fingerprint density at radius 3 is 1.03 bits per heavy atom. The van der Waals surface area contributed by atoms with Gasteiger partial charge in [-0.15, -0.1) is 30.6 Å². The lowest BCUT2D eigenvalue weighted by Crippen LogP contribution is -2.26. The zero-order valence-corrected chi connectivity index (χ0v) is 55.9. The number of fused-ring (bicyclic) bond motifs is 12. The van der Waals surface area contributed by atoms with E-state index in [1.54, 1.807) is 45.2 Å². The monoisotopic (exact) mass is 1330 g/mol. The largest absolute Gasteiger partial charge is 0.375 e. The Morgan fingerprint density at radius 2 is 0.727 bits per heavy atom. The van der Waals surface area contributed by atoms with E-state index < -0.39 is 11.1 Å². The third-order valence-corrected chi connectivity index (χ3v) is 19.9. The van der Waals surface area contributed by atoms with Crippen molar-refractivity contribution in [2.75, 3.05) is 54.2 Å². The first kappa shape index (κ1) is 63.2. The third kappa shape index (κ3) is 11.5. The van der Waals surface area contributed by atoms with Crippen molar-refractivity contribution in [3.8, 4) is 35.5 Å². The van der Waals surface area contributed by atoms with Crippen LogP contribution in [-0.2, 0) is 34.0 Å². The van der Waals surface area contributed by atoms with E-state index in [1.807, 2.05) is 108 Å².